The Hall–Kier alpha value is -1.46. The molecule has 1 saturated heterocycles. The van der Waals surface area contributed by atoms with Crippen LogP contribution in [0.1, 0.15) is 58.9 Å². The van der Waals surface area contributed by atoms with Crippen LogP contribution < -0.4 is 0 Å². The van der Waals surface area contributed by atoms with Crippen LogP contribution in [0.15, 0.2) is 22.0 Å². The summed E-state index contributed by atoms with van der Waals surface area (Å²) in [7, 11) is 0. The molecule has 1 fully saturated rings. The molecule has 112 valence electrons. The average Bonchev–Trinajstić information content (AvgIpc) is 3.09. The minimum absolute atomic E-state index is 0.147. The number of nitrogens with zero attached hydrogens (tertiary/aromatic N) is 2. The summed E-state index contributed by atoms with van der Waals surface area (Å²) >= 11 is 1.54. The molecule has 3 rings (SSSR count). The topological polar surface area (TPSA) is 46.3 Å². The number of piperidine rings is 1. The molecular formula is C16H20N2O2S. The Kier molecular flexibility index (Phi) is 4.22. The van der Waals surface area contributed by atoms with Gasteiger partial charge in [-0.1, -0.05) is 11.6 Å². The van der Waals surface area contributed by atoms with Gasteiger partial charge in [0.2, 0.25) is 0 Å². The number of carbonyl (C=O) groups excluding carboxylic acids is 1. The van der Waals surface area contributed by atoms with Crippen LogP contribution in [0.4, 0.5) is 0 Å². The quantitative estimate of drug-likeness (QED) is 0.802. The van der Waals surface area contributed by atoms with Crippen molar-refractivity contribution in [3.05, 3.63) is 39.4 Å². The van der Waals surface area contributed by atoms with E-state index in [1.165, 1.54) is 29.7 Å². The van der Waals surface area contributed by atoms with E-state index in [0.29, 0.717) is 6.04 Å². The molecule has 2 aromatic heterocycles. The van der Waals surface area contributed by atoms with Crippen LogP contribution in [0.5, 0.6) is 0 Å². The summed E-state index contributed by atoms with van der Waals surface area (Å²) < 4.78 is 5.23. The average molecular weight is 304 g/mol. The Bertz CT molecular complexity index is 632. The molecule has 0 amide bonds. The SMILES string of the molecule is CC(=O)c1cc(CN2CCCC[C@H]2c2cc(C)on2)cs1. The van der Waals surface area contributed by atoms with Gasteiger partial charge in [0, 0.05) is 12.6 Å². The van der Waals surface area contributed by atoms with Gasteiger partial charge in [0.15, 0.2) is 5.78 Å². The van der Waals surface area contributed by atoms with E-state index in [4.69, 9.17) is 4.52 Å². The molecule has 0 unspecified atom stereocenters. The zero-order chi connectivity index (χ0) is 14.8. The van der Waals surface area contributed by atoms with Crippen molar-refractivity contribution in [1.82, 2.24) is 10.1 Å². The van der Waals surface area contributed by atoms with Gasteiger partial charge in [0.05, 0.1) is 10.9 Å². The summed E-state index contributed by atoms with van der Waals surface area (Å²) in [6.45, 7) is 5.50. The lowest BCUT2D eigenvalue weighted by molar-refractivity contribution is 0.102. The fourth-order valence-corrected chi connectivity index (χ4v) is 3.74. The number of Topliss-reactive ketones (excluding diaryl/α,β-unsaturated/α-hetero) is 1. The molecule has 4 nitrogen and oxygen atoms in total. The normalized spacial score (nSPS) is 19.8. The van der Waals surface area contributed by atoms with E-state index in [2.05, 4.69) is 15.4 Å². The first-order valence-electron chi connectivity index (χ1n) is 7.39. The Morgan fingerprint density at radius 2 is 2.33 bits per heavy atom. The molecule has 0 bridgehead atoms. The summed E-state index contributed by atoms with van der Waals surface area (Å²) in [5.41, 5.74) is 2.26. The zero-order valence-corrected chi connectivity index (χ0v) is 13.3. The Labute approximate surface area is 128 Å². The van der Waals surface area contributed by atoms with E-state index in [1.54, 1.807) is 6.92 Å². The number of rotatable bonds is 4. The Morgan fingerprint density at radius 3 is 3.00 bits per heavy atom. The number of ketones is 1. The molecular weight excluding hydrogens is 284 g/mol. The second-order valence-electron chi connectivity index (χ2n) is 5.72. The molecule has 5 heteroatoms. The van der Waals surface area contributed by atoms with Crippen molar-refractivity contribution in [3.63, 3.8) is 0 Å². The summed E-state index contributed by atoms with van der Waals surface area (Å²) in [6, 6.07) is 4.39. The highest BCUT2D eigenvalue weighted by atomic mass is 32.1. The third-order valence-corrected chi connectivity index (χ3v) is 5.07. The van der Waals surface area contributed by atoms with Crippen LogP contribution >= 0.6 is 11.3 Å². The smallest absolute Gasteiger partial charge is 0.169 e. The molecule has 21 heavy (non-hydrogen) atoms. The number of hydrogen-bond acceptors (Lipinski definition) is 5. The first kappa shape index (κ1) is 14.5. The first-order chi connectivity index (χ1) is 10.1. The molecule has 2 aromatic rings. The van der Waals surface area contributed by atoms with Gasteiger partial charge >= 0.3 is 0 Å². The highest BCUT2D eigenvalue weighted by Gasteiger charge is 2.26. The summed E-state index contributed by atoms with van der Waals surface area (Å²) in [5, 5.41) is 6.29. The number of thiophene rings is 1. The fourth-order valence-electron chi connectivity index (χ4n) is 2.94. The van der Waals surface area contributed by atoms with Gasteiger partial charge < -0.3 is 4.52 Å². The Morgan fingerprint density at radius 1 is 1.48 bits per heavy atom. The minimum Gasteiger partial charge on any atom is -0.361 e. The third-order valence-electron chi connectivity index (χ3n) is 3.99. The lowest BCUT2D eigenvalue weighted by Crippen LogP contribution is -2.33. The van der Waals surface area contributed by atoms with E-state index in [1.807, 2.05) is 19.1 Å². The van der Waals surface area contributed by atoms with Crippen molar-refractivity contribution in [3.8, 4) is 0 Å². The molecule has 0 N–H and O–H groups in total. The van der Waals surface area contributed by atoms with Gasteiger partial charge in [-0.05, 0) is 50.2 Å². The summed E-state index contributed by atoms with van der Waals surface area (Å²) in [6.07, 6.45) is 3.57. The lowest BCUT2D eigenvalue weighted by Gasteiger charge is -2.34. The molecule has 0 saturated carbocycles. The molecule has 0 aliphatic carbocycles. The predicted molar refractivity (Wildman–Crippen MR) is 82.6 cm³/mol. The van der Waals surface area contributed by atoms with Crippen LogP contribution in [-0.4, -0.2) is 22.4 Å². The maximum Gasteiger partial charge on any atom is 0.169 e. The van der Waals surface area contributed by atoms with Gasteiger partial charge in [0.1, 0.15) is 11.5 Å². The van der Waals surface area contributed by atoms with Crippen molar-refractivity contribution in [2.75, 3.05) is 6.54 Å². The van der Waals surface area contributed by atoms with Gasteiger partial charge in [-0.25, -0.2) is 0 Å². The number of carbonyl (C=O) groups is 1. The molecule has 1 atom stereocenters. The minimum atomic E-state index is 0.147. The van der Waals surface area contributed by atoms with E-state index in [-0.39, 0.29) is 5.78 Å². The zero-order valence-electron chi connectivity index (χ0n) is 12.5. The highest BCUT2D eigenvalue weighted by Crippen LogP contribution is 2.32. The van der Waals surface area contributed by atoms with E-state index < -0.39 is 0 Å². The first-order valence-corrected chi connectivity index (χ1v) is 8.27. The molecule has 3 heterocycles. The van der Waals surface area contributed by atoms with Gasteiger partial charge in [-0.15, -0.1) is 11.3 Å². The largest absolute Gasteiger partial charge is 0.361 e. The van der Waals surface area contributed by atoms with Gasteiger partial charge in [-0.2, -0.15) is 0 Å². The molecule has 0 aromatic carbocycles. The third kappa shape index (κ3) is 3.24. The van der Waals surface area contributed by atoms with Crippen molar-refractivity contribution in [2.45, 2.75) is 45.7 Å². The van der Waals surface area contributed by atoms with Crippen LogP contribution in [0.2, 0.25) is 0 Å². The lowest BCUT2D eigenvalue weighted by atomic mass is 9.98. The Balaban J connectivity index is 1.76. The second kappa shape index (κ2) is 6.12. The molecule has 1 aliphatic rings. The number of aryl methyl sites for hydroxylation is 1. The van der Waals surface area contributed by atoms with Crippen molar-refractivity contribution < 1.29 is 9.32 Å². The van der Waals surface area contributed by atoms with Crippen molar-refractivity contribution >= 4 is 17.1 Å². The van der Waals surface area contributed by atoms with E-state index in [0.717, 1.165) is 35.8 Å². The fraction of sp³-hybridized carbons (Fsp3) is 0.500. The van der Waals surface area contributed by atoms with Crippen LogP contribution in [0.25, 0.3) is 0 Å². The van der Waals surface area contributed by atoms with Crippen LogP contribution in [0.3, 0.4) is 0 Å². The predicted octanol–water partition coefficient (Wildman–Crippen LogP) is 3.97. The van der Waals surface area contributed by atoms with Gasteiger partial charge in [0.25, 0.3) is 0 Å². The molecule has 1 aliphatic heterocycles. The van der Waals surface area contributed by atoms with Crippen LogP contribution in [-0.2, 0) is 6.54 Å². The van der Waals surface area contributed by atoms with Crippen molar-refractivity contribution in [1.29, 1.82) is 0 Å². The standard InChI is InChI=1S/C16H20N2O2S/c1-11-7-14(17-20-11)15-5-3-4-6-18(15)9-13-8-16(12(2)19)21-10-13/h7-8,10,15H,3-6,9H2,1-2H3/t15-/m0/s1. The summed E-state index contributed by atoms with van der Waals surface area (Å²) in [4.78, 5) is 14.7. The van der Waals surface area contributed by atoms with Gasteiger partial charge in [-0.3, -0.25) is 9.69 Å². The maximum absolute atomic E-state index is 11.4. The maximum atomic E-state index is 11.4. The van der Waals surface area contributed by atoms with E-state index >= 15 is 0 Å². The number of aromatic nitrogens is 1. The second-order valence-corrected chi connectivity index (χ2v) is 6.63. The monoisotopic (exact) mass is 304 g/mol. The summed E-state index contributed by atoms with van der Waals surface area (Å²) in [5.74, 6) is 1.01. The number of likely N-dealkylation sites (tertiary alicyclic amines) is 1. The van der Waals surface area contributed by atoms with Crippen LogP contribution in [0, 0.1) is 6.92 Å². The molecule has 0 spiro atoms. The van der Waals surface area contributed by atoms with E-state index in [9.17, 15) is 4.79 Å². The number of hydrogen-bond donors (Lipinski definition) is 0. The molecule has 0 radical (unpaired) electrons. The van der Waals surface area contributed by atoms with Crippen molar-refractivity contribution in [2.24, 2.45) is 0 Å². The highest BCUT2D eigenvalue weighted by molar-refractivity contribution is 7.12.